The highest BCUT2D eigenvalue weighted by Crippen LogP contribution is 2.26. The Bertz CT molecular complexity index is 480. The zero-order valence-corrected chi connectivity index (χ0v) is 12.5. The topological polar surface area (TPSA) is 67.4 Å². The van der Waals surface area contributed by atoms with Crippen LogP contribution in [0.5, 0.6) is 5.75 Å². The zero-order valence-electron chi connectivity index (χ0n) is 10.1. The van der Waals surface area contributed by atoms with Crippen molar-refractivity contribution in [1.29, 1.82) is 0 Å². The normalized spacial score (nSPS) is 10.8. The standard InChI is InChI=1S/C10H15ClN2O3S.ClH/c1-12-5-6-13-17(14,15)10-7-8(11)3-4-9(10)16-2;/h3-4,7,12-13H,5-6H2,1-2H3;1H. The third-order valence-corrected chi connectivity index (χ3v) is 3.80. The fraction of sp³-hybridized carbons (Fsp3) is 0.400. The number of hydrogen-bond donors (Lipinski definition) is 2. The monoisotopic (exact) mass is 314 g/mol. The molecule has 0 bridgehead atoms. The largest absolute Gasteiger partial charge is 0.495 e. The molecule has 0 aromatic heterocycles. The number of benzene rings is 1. The molecule has 1 aromatic carbocycles. The third kappa shape index (κ3) is 4.62. The SMILES string of the molecule is CNCCNS(=O)(=O)c1cc(Cl)ccc1OC.Cl. The van der Waals surface area contributed by atoms with Crippen LogP contribution in [0.1, 0.15) is 0 Å². The van der Waals surface area contributed by atoms with Crippen LogP contribution in [0.15, 0.2) is 23.1 Å². The maximum atomic E-state index is 12.0. The highest BCUT2D eigenvalue weighted by Gasteiger charge is 2.19. The van der Waals surface area contributed by atoms with Gasteiger partial charge in [-0.1, -0.05) is 11.6 Å². The van der Waals surface area contributed by atoms with Crippen molar-refractivity contribution < 1.29 is 13.2 Å². The van der Waals surface area contributed by atoms with Crippen LogP contribution in [-0.2, 0) is 10.0 Å². The Balaban J connectivity index is 0.00000289. The van der Waals surface area contributed by atoms with Crippen molar-refractivity contribution in [2.45, 2.75) is 4.90 Å². The number of ether oxygens (including phenoxy) is 1. The molecular weight excluding hydrogens is 299 g/mol. The number of halogens is 2. The summed E-state index contributed by atoms with van der Waals surface area (Å²) in [4.78, 5) is 0.0450. The molecule has 0 saturated heterocycles. The molecule has 2 N–H and O–H groups in total. The van der Waals surface area contributed by atoms with Gasteiger partial charge in [0.25, 0.3) is 0 Å². The van der Waals surface area contributed by atoms with Crippen LogP contribution in [0.3, 0.4) is 0 Å². The molecule has 18 heavy (non-hydrogen) atoms. The zero-order chi connectivity index (χ0) is 12.9. The van der Waals surface area contributed by atoms with Gasteiger partial charge in [-0.2, -0.15) is 0 Å². The summed E-state index contributed by atoms with van der Waals surface area (Å²) in [5.41, 5.74) is 0. The van der Waals surface area contributed by atoms with E-state index in [-0.39, 0.29) is 23.1 Å². The summed E-state index contributed by atoms with van der Waals surface area (Å²) in [6.07, 6.45) is 0. The molecule has 0 radical (unpaired) electrons. The number of rotatable bonds is 6. The van der Waals surface area contributed by atoms with E-state index < -0.39 is 10.0 Å². The molecule has 0 heterocycles. The van der Waals surface area contributed by atoms with Crippen molar-refractivity contribution in [2.24, 2.45) is 0 Å². The molecule has 0 saturated carbocycles. The molecule has 0 amide bonds. The Hall–Kier alpha value is -0.530. The summed E-state index contributed by atoms with van der Waals surface area (Å²) in [5, 5.41) is 3.19. The van der Waals surface area contributed by atoms with E-state index in [0.717, 1.165) is 0 Å². The van der Waals surface area contributed by atoms with E-state index in [9.17, 15) is 8.42 Å². The Morgan fingerprint density at radius 3 is 2.56 bits per heavy atom. The summed E-state index contributed by atoms with van der Waals surface area (Å²) in [5.74, 6) is 0.270. The van der Waals surface area contributed by atoms with Crippen LogP contribution in [0.2, 0.25) is 5.02 Å². The number of nitrogens with one attached hydrogen (secondary N) is 2. The number of sulfonamides is 1. The second kappa shape index (κ2) is 7.81. The Morgan fingerprint density at radius 2 is 2.00 bits per heavy atom. The first-order valence-electron chi connectivity index (χ1n) is 4.99. The highest BCUT2D eigenvalue weighted by molar-refractivity contribution is 7.89. The van der Waals surface area contributed by atoms with E-state index in [4.69, 9.17) is 16.3 Å². The van der Waals surface area contributed by atoms with E-state index in [2.05, 4.69) is 10.0 Å². The summed E-state index contributed by atoms with van der Waals surface area (Å²) in [6, 6.07) is 4.46. The van der Waals surface area contributed by atoms with Crippen LogP contribution < -0.4 is 14.8 Å². The molecule has 0 aliphatic heterocycles. The predicted octanol–water partition coefficient (Wildman–Crippen LogP) is 1.27. The van der Waals surface area contributed by atoms with Gasteiger partial charge in [0.2, 0.25) is 10.0 Å². The predicted molar refractivity (Wildman–Crippen MR) is 74.4 cm³/mol. The van der Waals surface area contributed by atoms with Crippen LogP contribution in [0, 0.1) is 0 Å². The summed E-state index contributed by atoms with van der Waals surface area (Å²) >= 11 is 5.78. The Kier molecular flexibility index (Phi) is 7.58. The lowest BCUT2D eigenvalue weighted by atomic mass is 10.3. The van der Waals surface area contributed by atoms with Gasteiger partial charge in [-0.25, -0.2) is 13.1 Å². The molecule has 5 nitrogen and oxygen atoms in total. The minimum atomic E-state index is -3.60. The average molecular weight is 315 g/mol. The second-order valence-corrected chi connectivity index (χ2v) is 5.47. The van der Waals surface area contributed by atoms with E-state index in [1.54, 1.807) is 13.1 Å². The van der Waals surface area contributed by atoms with Crippen LogP contribution in [0.25, 0.3) is 0 Å². The van der Waals surface area contributed by atoms with Gasteiger partial charge in [0.15, 0.2) is 0 Å². The van der Waals surface area contributed by atoms with Gasteiger partial charge in [-0.3, -0.25) is 0 Å². The van der Waals surface area contributed by atoms with Crippen LogP contribution in [0.4, 0.5) is 0 Å². The lowest BCUT2D eigenvalue weighted by Gasteiger charge is -2.10. The molecule has 104 valence electrons. The van der Waals surface area contributed by atoms with E-state index in [1.807, 2.05) is 0 Å². The number of likely N-dealkylation sites (N-methyl/N-ethyl adjacent to an activating group) is 1. The molecule has 1 rings (SSSR count). The molecule has 0 fully saturated rings. The van der Waals surface area contributed by atoms with Crippen molar-refractivity contribution in [3.8, 4) is 5.75 Å². The smallest absolute Gasteiger partial charge is 0.244 e. The average Bonchev–Trinajstić information content (AvgIpc) is 2.29. The molecule has 0 aliphatic carbocycles. The first-order chi connectivity index (χ1) is 8.01. The van der Waals surface area contributed by atoms with Crippen molar-refractivity contribution in [3.05, 3.63) is 23.2 Å². The van der Waals surface area contributed by atoms with Gasteiger partial charge < -0.3 is 10.1 Å². The molecule has 0 atom stereocenters. The van der Waals surface area contributed by atoms with Crippen LogP contribution >= 0.6 is 24.0 Å². The van der Waals surface area contributed by atoms with Crippen LogP contribution in [-0.4, -0.2) is 35.7 Å². The van der Waals surface area contributed by atoms with Gasteiger partial charge >= 0.3 is 0 Å². The molecule has 0 unspecified atom stereocenters. The third-order valence-electron chi connectivity index (χ3n) is 2.08. The van der Waals surface area contributed by atoms with Crippen molar-refractivity contribution in [2.75, 3.05) is 27.2 Å². The van der Waals surface area contributed by atoms with E-state index in [0.29, 0.717) is 18.1 Å². The second-order valence-electron chi connectivity index (χ2n) is 3.30. The minimum Gasteiger partial charge on any atom is -0.495 e. The summed E-state index contributed by atoms with van der Waals surface area (Å²) in [7, 11) is -0.440. The van der Waals surface area contributed by atoms with Gasteiger partial charge in [0, 0.05) is 18.1 Å². The van der Waals surface area contributed by atoms with Crippen molar-refractivity contribution >= 4 is 34.0 Å². The molecule has 8 heteroatoms. The lowest BCUT2D eigenvalue weighted by Crippen LogP contribution is -2.30. The van der Waals surface area contributed by atoms with Gasteiger partial charge in [-0.05, 0) is 25.2 Å². The molecule has 0 aliphatic rings. The minimum absolute atomic E-state index is 0. The van der Waals surface area contributed by atoms with E-state index in [1.165, 1.54) is 19.2 Å². The quantitative estimate of drug-likeness (QED) is 0.776. The fourth-order valence-corrected chi connectivity index (χ4v) is 2.71. The summed E-state index contributed by atoms with van der Waals surface area (Å²) < 4.78 is 31.4. The lowest BCUT2D eigenvalue weighted by molar-refractivity contribution is 0.402. The van der Waals surface area contributed by atoms with Crippen molar-refractivity contribution in [3.63, 3.8) is 0 Å². The fourth-order valence-electron chi connectivity index (χ4n) is 1.25. The van der Waals surface area contributed by atoms with Gasteiger partial charge in [-0.15, -0.1) is 12.4 Å². The maximum Gasteiger partial charge on any atom is 0.244 e. The number of hydrogen-bond acceptors (Lipinski definition) is 4. The Labute approximate surface area is 118 Å². The maximum absolute atomic E-state index is 12.0. The van der Waals surface area contributed by atoms with Gasteiger partial charge in [0.05, 0.1) is 7.11 Å². The molecule has 0 spiro atoms. The van der Waals surface area contributed by atoms with Gasteiger partial charge in [0.1, 0.15) is 10.6 Å². The molecular formula is C10H16Cl2N2O3S. The number of methoxy groups -OCH3 is 1. The Morgan fingerprint density at radius 1 is 1.33 bits per heavy atom. The highest BCUT2D eigenvalue weighted by atomic mass is 35.5. The first-order valence-corrected chi connectivity index (χ1v) is 6.85. The van der Waals surface area contributed by atoms with E-state index >= 15 is 0 Å². The molecule has 1 aromatic rings. The van der Waals surface area contributed by atoms with Crippen molar-refractivity contribution in [1.82, 2.24) is 10.0 Å². The first kappa shape index (κ1) is 17.5. The summed E-state index contributed by atoms with van der Waals surface area (Å²) in [6.45, 7) is 0.844.